The standard InChI is InChI=1S/C24H21N3O2/c1-16-4-7-21(8-5-16)27(24(29)18-9-11-25-12-10-18)15-20-14-19-6-3-17(2)13-22(19)26-23(20)28/h3-14H,15H2,1-2H3,(H,26,28). The lowest BCUT2D eigenvalue weighted by molar-refractivity contribution is 0.0985. The van der Waals surface area contributed by atoms with Gasteiger partial charge in [0.05, 0.1) is 6.54 Å². The summed E-state index contributed by atoms with van der Waals surface area (Å²) in [5.74, 6) is -0.181. The zero-order chi connectivity index (χ0) is 20.4. The predicted octanol–water partition coefficient (Wildman–Crippen LogP) is 4.39. The number of amides is 1. The van der Waals surface area contributed by atoms with Gasteiger partial charge >= 0.3 is 0 Å². The summed E-state index contributed by atoms with van der Waals surface area (Å²) >= 11 is 0. The Kier molecular flexibility index (Phi) is 4.96. The van der Waals surface area contributed by atoms with Crippen LogP contribution in [-0.2, 0) is 6.54 Å². The van der Waals surface area contributed by atoms with E-state index in [2.05, 4.69) is 9.97 Å². The van der Waals surface area contributed by atoms with Crippen LogP contribution in [0.3, 0.4) is 0 Å². The molecule has 0 saturated heterocycles. The van der Waals surface area contributed by atoms with Crippen LogP contribution >= 0.6 is 0 Å². The average Bonchev–Trinajstić information content (AvgIpc) is 2.73. The van der Waals surface area contributed by atoms with Crippen LogP contribution in [0.1, 0.15) is 27.0 Å². The van der Waals surface area contributed by atoms with Gasteiger partial charge in [-0.1, -0.05) is 29.8 Å². The van der Waals surface area contributed by atoms with E-state index in [-0.39, 0.29) is 18.0 Å². The molecule has 144 valence electrons. The second-order valence-electron chi connectivity index (χ2n) is 7.18. The number of aromatic amines is 1. The molecule has 0 atom stereocenters. The largest absolute Gasteiger partial charge is 0.322 e. The first kappa shape index (κ1) is 18.6. The number of rotatable bonds is 4. The van der Waals surface area contributed by atoms with Crippen LogP contribution in [0.25, 0.3) is 10.9 Å². The van der Waals surface area contributed by atoms with E-state index in [1.807, 2.05) is 62.4 Å². The molecule has 5 nitrogen and oxygen atoms in total. The van der Waals surface area contributed by atoms with Gasteiger partial charge in [-0.25, -0.2) is 0 Å². The molecule has 2 aromatic heterocycles. The number of aromatic nitrogens is 2. The molecule has 5 heteroatoms. The molecule has 0 unspecified atom stereocenters. The summed E-state index contributed by atoms with van der Waals surface area (Å²) in [6.07, 6.45) is 3.18. The molecule has 0 radical (unpaired) electrons. The number of hydrogen-bond donors (Lipinski definition) is 1. The van der Waals surface area contributed by atoms with Crippen molar-refractivity contribution in [3.63, 3.8) is 0 Å². The molecule has 2 heterocycles. The van der Waals surface area contributed by atoms with Gasteiger partial charge in [-0.15, -0.1) is 0 Å². The first-order valence-electron chi connectivity index (χ1n) is 9.42. The van der Waals surface area contributed by atoms with Crippen molar-refractivity contribution >= 4 is 22.5 Å². The summed E-state index contributed by atoms with van der Waals surface area (Å²) in [6, 6.07) is 18.8. The smallest absolute Gasteiger partial charge is 0.258 e. The van der Waals surface area contributed by atoms with Gasteiger partial charge in [0.1, 0.15) is 0 Å². The number of nitrogens with zero attached hydrogens (tertiary/aromatic N) is 2. The summed E-state index contributed by atoms with van der Waals surface area (Å²) in [4.78, 5) is 34.5. The van der Waals surface area contributed by atoms with Crippen molar-refractivity contribution in [3.05, 3.63) is 106 Å². The van der Waals surface area contributed by atoms with Gasteiger partial charge in [0.25, 0.3) is 11.5 Å². The van der Waals surface area contributed by atoms with E-state index >= 15 is 0 Å². The maximum Gasteiger partial charge on any atom is 0.258 e. The normalized spacial score (nSPS) is 10.8. The number of pyridine rings is 2. The highest BCUT2D eigenvalue weighted by molar-refractivity contribution is 6.06. The van der Waals surface area contributed by atoms with Crippen LogP contribution in [0.4, 0.5) is 5.69 Å². The van der Waals surface area contributed by atoms with Crippen LogP contribution in [0, 0.1) is 13.8 Å². The van der Waals surface area contributed by atoms with E-state index in [9.17, 15) is 9.59 Å². The Hall–Kier alpha value is -3.73. The predicted molar refractivity (Wildman–Crippen MR) is 115 cm³/mol. The molecule has 1 amide bonds. The molecule has 0 bridgehead atoms. The molecule has 0 aliphatic rings. The van der Waals surface area contributed by atoms with Crippen LogP contribution in [-0.4, -0.2) is 15.9 Å². The molecule has 2 aromatic carbocycles. The van der Waals surface area contributed by atoms with Crippen LogP contribution in [0.2, 0.25) is 0 Å². The Morgan fingerprint density at radius 3 is 2.34 bits per heavy atom. The van der Waals surface area contributed by atoms with Crippen LogP contribution in [0.5, 0.6) is 0 Å². The van der Waals surface area contributed by atoms with E-state index in [4.69, 9.17) is 0 Å². The van der Waals surface area contributed by atoms with Gasteiger partial charge in [-0.3, -0.25) is 14.6 Å². The fraction of sp³-hybridized carbons (Fsp3) is 0.125. The molecule has 0 fully saturated rings. The van der Waals surface area contributed by atoms with E-state index < -0.39 is 0 Å². The molecule has 4 rings (SSSR count). The Labute approximate surface area is 168 Å². The lowest BCUT2D eigenvalue weighted by Gasteiger charge is -2.23. The van der Waals surface area contributed by atoms with Crippen molar-refractivity contribution < 1.29 is 4.79 Å². The fourth-order valence-electron chi connectivity index (χ4n) is 3.30. The van der Waals surface area contributed by atoms with Crippen LogP contribution < -0.4 is 10.5 Å². The number of nitrogens with one attached hydrogen (secondary N) is 1. The monoisotopic (exact) mass is 383 g/mol. The zero-order valence-electron chi connectivity index (χ0n) is 16.3. The minimum atomic E-state index is -0.192. The highest BCUT2D eigenvalue weighted by atomic mass is 16.2. The highest BCUT2D eigenvalue weighted by Gasteiger charge is 2.20. The Morgan fingerprint density at radius 1 is 0.931 bits per heavy atom. The quantitative estimate of drug-likeness (QED) is 0.568. The minimum Gasteiger partial charge on any atom is -0.322 e. The summed E-state index contributed by atoms with van der Waals surface area (Å²) in [6.45, 7) is 4.15. The van der Waals surface area contributed by atoms with E-state index in [1.54, 1.807) is 29.4 Å². The number of aryl methyl sites for hydroxylation is 2. The maximum absolute atomic E-state index is 13.2. The number of benzene rings is 2. The molecule has 0 aliphatic carbocycles. The van der Waals surface area contributed by atoms with Gasteiger partial charge in [0.15, 0.2) is 0 Å². The lowest BCUT2D eigenvalue weighted by atomic mass is 10.1. The topological polar surface area (TPSA) is 66.1 Å². The van der Waals surface area contributed by atoms with Crippen molar-refractivity contribution in [2.24, 2.45) is 0 Å². The van der Waals surface area contributed by atoms with Crippen molar-refractivity contribution in [1.82, 2.24) is 9.97 Å². The molecule has 0 saturated carbocycles. The number of anilines is 1. The van der Waals surface area contributed by atoms with Crippen molar-refractivity contribution in [1.29, 1.82) is 0 Å². The SMILES string of the molecule is Cc1ccc(N(Cc2cc3ccc(C)cc3[nH]c2=O)C(=O)c2ccncc2)cc1. The number of carbonyl (C=O) groups excluding carboxylic acids is 1. The van der Waals surface area contributed by atoms with E-state index in [0.717, 1.165) is 27.7 Å². The van der Waals surface area contributed by atoms with Gasteiger partial charge in [0, 0.05) is 34.7 Å². The van der Waals surface area contributed by atoms with Crippen LogP contribution in [0.15, 0.2) is 77.9 Å². The third-order valence-corrected chi connectivity index (χ3v) is 4.92. The number of H-pyrrole nitrogens is 1. The van der Waals surface area contributed by atoms with Crippen molar-refractivity contribution in [2.45, 2.75) is 20.4 Å². The second kappa shape index (κ2) is 7.72. The third kappa shape index (κ3) is 3.94. The zero-order valence-corrected chi connectivity index (χ0v) is 16.3. The Balaban J connectivity index is 1.77. The highest BCUT2D eigenvalue weighted by Crippen LogP contribution is 2.21. The van der Waals surface area contributed by atoms with Gasteiger partial charge in [-0.05, 0) is 61.2 Å². The number of fused-ring (bicyclic) bond motifs is 1. The summed E-state index contributed by atoms with van der Waals surface area (Å²) in [5.41, 5.74) is 4.57. The van der Waals surface area contributed by atoms with E-state index in [0.29, 0.717) is 11.1 Å². The third-order valence-electron chi connectivity index (χ3n) is 4.92. The maximum atomic E-state index is 13.2. The average molecular weight is 383 g/mol. The van der Waals surface area contributed by atoms with Gasteiger partial charge < -0.3 is 9.88 Å². The number of carbonyl (C=O) groups is 1. The molecular weight excluding hydrogens is 362 g/mol. The Morgan fingerprint density at radius 2 is 1.62 bits per heavy atom. The molecule has 0 aliphatic heterocycles. The molecular formula is C24H21N3O2. The van der Waals surface area contributed by atoms with Crippen molar-refractivity contribution in [2.75, 3.05) is 4.90 Å². The molecule has 0 spiro atoms. The number of hydrogen-bond acceptors (Lipinski definition) is 3. The molecule has 29 heavy (non-hydrogen) atoms. The second-order valence-corrected chi connectivity index (χ2v) is 7.18. The fourth-order valence-corrected chi connectivity index (χ4v) is 3.30. The summed E-state index contributed by atoms with van der Waals surface area (Å²) in [7, 11) is 0. The first-order valence-corrected chi connectivity index (χ1v) is 9.42. The summed E-state index contributed by atoms with van der Waals surface area (Å²) < 4.78 is 0. The van der Waals surface area contributed by atoms with E-state index in [1.165, 1.54) is 0 Å². The molecule has 4 aromatic rings. The van der Waals surface area contributed by atoms with Gasteiger partial charge in [0.2, 0.25) is 0 Å². The van der Waals surface area contributed by atoms with Gasteiger partial charge in [-0.2, -0.15) is 0 Å². The summed E-state index contributed by atoms with van der Waals surface area (Å²) in [5, 5.41) is 0.936. The van der Waals surface area contributed by atoms with Crippen molar-refractivity contribution in [3.8, 4) is 0 Å². The minimum absolute atomic E-state index is 0.170. The lowest BCUT2D eigenvalue weighted by Crippen LogP contribution is -2.32. The Bertz CT molecular complexity index is 1230. The first-order chi connectivity index (χ1) is 14.0. The molecule has 1 N–H and O–H groups in total.